The molecule has 0 bridgehead atoms. The zero-order valence-electron chi connectivity index (χ0n) is 14.3. The Labute approximate surface area is 143 Å². The highest BCUT2D eigenvalue weighted by Crippen LogP contribution is 2.43. The van der Waals surface area contributed by atoms with Crippen molar-refractivity contribution in [1.29, 1.82) is 5.26 Å². The first kappa shape index (κ1) is 15.4. The molecule has 1 amide bonds. The minimum Gasteiger partial charge on any atom is -0.354 e. The van der Waals surface area contributed by atoms with E-state index in [-0.39, 0.29) is 5.41 Å². The van der Waals surface area contributed by atoms with Gasteiger partial charge in [-0.1, -0.05) is 0 Å². The predicted molar refractivity (Wildman–Crippen MR) is 91.5 cm³/mol. The number of aromatic nitrogens is 1. The van der Waals surface area contributed by atoms with Crippen LogP contribution >= 0.6 is 0 Å². The average molecular weight is 324 g/mol. The van der Waals surface area contributed by atoms with Crippen LogP contribution in [0.15, 0.2) is 12.1 Å². The van der Waals surface area contributed by atoms with E-state index in [1.54, 1.807) is 0 Å². The molecule has 4 rings (SSSR count). The molecule has 2 saturated heterocycles. The van der Waals surface area contributed by atoms with Crippen LogP contribution in [0.3, 0.4) is 0 Å². The highest BCUT2D eigenvalue weighted by Gasteiger charge is 2.49. The molecular weight excluding hydrogens is 300 g/mol. The molecular formula is C19H24N4O. The van der Waals surface area contributed by atoms with Gasteiger partial charge in [-0.15, -0.1) is 0 Å². The van der Waals surface area contributed by atoms with Crippen molar-refractivity contribution < 1.29 is 4.79 Å². The molecule has 1 saturated carbocycles. The maximum atomic E-state index is 13.1. The van der Waals surface area contributed by atoms with Crippen molar-refractivity contribution in [2.24, 2.45) is 11.3 Å². The fourth-order valence-corrected chi connectivity index (χ4v) is 4.24. The number of carbonyl (C=O) groups is 1. The Kier molecular flexibility index (Phi) is 3.71. The predicted octanol–water partition coefficient (Wildman–Crippen LogP) is 2.49. The lowest BCUT2D eigenvalue weighted by molar-refractivity contribution is -0.145. The van der Waals surface area contributed by atoms with Crippen molar-refractivity contribution in [3.8, 4) is 6.07 Å². The number of rotatable bonds is 3. The number of hydrogen-bond donors (Lipinski definition) is 0. The molecule has 0 N–H and O–H groups in total. The third kappa shape index (κ3) is 2.64. The quantitative estimate of drug-likeness (QED) is 0.857. The highest BCUT2D eigenvalue weighted by molar-refractivity contribution is 5.85. The summed E-state index contributed by atoms with van der Waals surface area (Å²) in [6, 6.07) is 5.96. The van der Waals surface area contributed by atoms with Crippen molar-refractivity contribution >= 4 is 11.7 Å². The fourth-order valence-electron chi connectivity index (χ4n) is 4.24. The van der Waals surface area contributed by atoms with Gasteiger partial charge in [-0.3, -0.25) is 4.79 Å². The summed E-state index contributed by atoms with van der Waals surface area (Å²) < 4.78 is 0. The van der Waals surface area contributed by atoms with Crippen molar-refractivity contribution in [2.45, 2.75) is 39.0 Å². The molecule has 24 heavy (non-hydrogen) atoms. The van der Waals surface area contributed by atoms with Crippen LogP contribution in [0.4, 0.5) is 5.82 Å². The monoisotopic (exact) mass is 324 g/mol. The molecule has 5 heteroatoms. The molecule has 0 aromatic carbocycles. The van der Waals surface area contributed by atoms with Crippen LogP contribution in [0.5, 0.6) is 0 Å². The maximum absolute atomic E-state index is 13.1. The third-order valence-corrected chi connectivity index (χ3v) is 5.79. The van der Waals surface area contributed by atoms with Crippen molar-refractivity contribution in [2.75, 3.05) is 31.1 Å². The van der Waals surface area contributed by atoms with Gasteiger partial charge in [0, 0.05) is 31.9 Å². The van der Waals surface area contributed by atoms with Gasteiger partial charge in [0.15, 0.2) is 0 Å². The van der Waals surface area contributed by atoms with E-state index in [2.05, 4.69) is 20.9 Å². The van der Waals surface area contributed by atoms with E-state index < -0.39 is 0 Å². The summed E-state index contributed by atoms with van der Waals surface area (Å²) in [4.78, 5) is 22.0. The van der Waals surface area contributed by atoms with E-state index in [1.807, 2.05) is 19.1 Å². The Hall–Kier alpha value is -2.09. The van der Waals surface area contributed by atoms with Gasteiger partial charge in [-0.2, -0.15) is 5.26 Å². The largest absolute Gasteiger partial charge is 0.354 e. The zero-order chi connectivity index (χ0) is 16.7. The molecule has 1 atom stereocenters. The molecule has 1 aliphatic carbocycles. The number of nitriles is 1. The van der Waals surface area contributed by atoms with E-state index in [9.17, 15) is 10.1 Å². The first-order chi connectivity index (χ1) is 11.6. The van der Waals surface area contributed by atoms with Crippen LogP contribution in [-0.4, -0.2) is 42.0 Å². The number of carbonyl (C=O) groups excluding carboxylic acids is 1. The van der Waals surface area contributed by atoms with Crippen LogP contribution in [0, 0.1) is 29.6 Å². The number of amides is 1. The second-order valence-electron chi connectivity index (χ2n) is 7.69. The molecule has 126 valence electrons. The molecule has 3 aliphatic rings. The second-order valence-corrected chi connectivity index (χ2v) is 7.69. The zero-order valence-corrected chi connectivity index (χ0v) is 14.3. The van der Waals surface area contributed by atoms with Gasteiger partial charge in [0.05, 0.1) is 11.0 Å². The van der Waals surface area contributed by atoms with Gasteiger partial charge in [0.1, 0.15) is 11.9 Å². The molecule has 3 fully saturated rings. The van der Waals surface area contributed by atoms with Crippen LogP contribution in [0.2, 0.25) is 0 Å². The van der Waals surface area contributed by atoms with E-state index in [0.717, 1.165) is 56.3 Å². The molecule has 5 nitrogen and oxygen atoms in total. The molecule has 1 spiro atoms. The number of aryl methyl sites for hydroxylation is 1. The molecule has 1 aromatic heterocycles. The van der Waals surface area contributed by atoms with Gasteiger partial charge < -0.3 is 9.80 Å². The molecule has 0 radical (unpaired) electrons. The lowest BCUT2D eigenvalue weighted by atomic mass is 9.78. The SMILES string of the molecule is Cc1ccc(C#N)c(N2CCC3(CCCN(CC4CC4)C3=O)C2)n1. The molecule has 1 aromatic rings. The number of pyridine rings is 1. The van der Waals surface area contributed by atoms with Gasteiger partial charge in [0.25, 0.3) is 0 Å². The van der Waals surface area contributed by atoms with Crippen LogP contribution in [0.1, 0.15) is 43.4 Å². The summed E-state index contributed by atoms with van der Waals surface area (Å²) in [5.41, 5.74) is 1.26. The van der Waals surface area contributed by atoms with Crippen molar-refractivity contribution in [3.63, 3.8) is 0 Å². The van der Waals surface area contributed by atoms with Gasteiger partial charge in [-0.25, -0.2) is 4.98 Å². The Morgan fingerprint density at radius 3 is 2.92 bits per heavy atom. The first-order valence-corrected chi connectivity index (χ1v) is 9.03. The minimum absolute atomic E-state index is 0.259. The van der Waals surface area contributed by atoms with Crippen LogP contribution in [0.25, 0.3) is 0 Å². The average Bonchev–Trinajstić information content (AvgIpc) is 3.30. The summed E-state index contributed by atoms with van der Waals surface area (Å²) in [5.74, 6) is 1.83. The summed E-state index contributed by atoms with van der Waals surface area (Å²) in [6.45, 7) is 5.34. The summed E-state index contributed by atoms with van der Waals surface area (Å²) in [5, 5.41) is 9.38. The molecule has 3 heterocycles. The molecule has 1 unspecified atom stereocenters. The molecule has 2 aliphatic heterocycles. The maximum Gasteiger partial charge on any atom is 0.230 e. The number of likely N-dealkylation sites (tertiary alicyclic amines) is 1. The third-order valence-electron chi connectivity index (χ3n) is 5.79. The lowest BCUT2D eigenvalue weighted by Gasteiger charge is -2.39. The summed E-state index contributed by atoms with van der Waals surface area (Å²) in [6.07, 6.45) is 5.51. The van der Waals surface area contributed by atoms with Crippen LogP contribution in [-0.2, 0) is 4.79 Å². The number of nitrogens with zero attached hydrogens (tertiary/aromatic N) is 4. The number of anilines is 1. The second kappa shape index (κ2) is 5.77. The van der Waals surface area contributed by atoms with Crippen molar-refractivity contribution in [1.82, 2.24) is 9.88 Å². The lowest BCUT2D eigenvalue weighted by Crippen LogP contribution is -2.50. The standard InChI is InChI=1S/C19H24N4O/c1-14-3-6-16(11-20)17(21-14)23-10-8-19(13-23)7-2-9-22(18(19)24)12-15-4-5-15/h3,6,15H,2,4-5,7-10,12-13H2,1H3. The first-order valence-electron chi connectivity index (χ1n) is 9.03. The summed E-state index contributed by atoms with van der Waals surface area (Å²) >= 11 is 0. The van der Waals surface area contributed by atoms with E-state index in [4.69, 9.17) is 0 Å². The Morgan fingerprint density at radius 2 is 2.17 bits per heavy atom. The topological polar surface area (TPSA) is 60.2 Å². The normalized spacial score (nSPS) is 26.9. The summed E-state index contributed by atoms with van der Waals surface area (Å²) in [7, 11) is 0. The van der Waals surface area contributed by atoms with Gasteiger partial charge >= 0.3 is 0 Å². The van der Waals surface area contributed by atoms with E-state index in [1.165, 1.54) is 12.8 Å². The highest BCUT2D eigenvalue weighted by atomic mass is 16.2. The fraction of sp³-hybridized carbons (Fsp3) is 0.632. The van der Waals surface area contributed by atoms with Crippen LogP contribution < -0.4 is 4.90 Å². The Bertz CT molecular complexity index is 706. The Balaban J connectivity index is 1.56. The number of piperidine rings is 1. The van der Waals surface area contributed by atoms with Gasteiger partial charge in [0.2, 0.25) is 5.91 Å². The minimum atomic E-state index is -0.259. The van der Waals surface area contributed by atoms with Crippen molar-refractivity contribution in [3.05, 3.63) is 23.4 Å². The Morgan fingerprint density at radius 1 is 1.33 bits per heavy atom. The van der Waals surface area contributed by atoms with E-state index in [0.29, 0.717) is 18.0 Å². The smallest absolute Gasteiger partial charge is 0.230 e. The number of hydrogen-bond acceptors (Lipinski definition) is 4. The van der Waals surface area contributed by atoms with Gasteiger partial charge in [-0.05, 0) is 57.1 Å². The van der Waals surface area contributed by atoms with E-state index >= 15 is 0 Å².